The Morgan fingerprint density at radius 2 is 1.93 bits per heavy atom. The molecule has 0 spiro atoms. The number of hydrogen-bond donors (Lipinski definition) is 1. The van der Waals surface area contributed by atoms with E-state index in [0.29, 0.717) is 12.5 Å². The van der Waals surface area contributed by atoms with Crippen molar-refractivity contribution in [3.63, 3.8) is 0 Å². The third-order valence-electron chi connectivity index (χ3n) is 6.68. The first-order chi connectivity index (χ1) is 13.9. The zero-order valence-electron chi connectivity index (χ0n) is 16.5. The number of tetrazole rings is 1. The van der Waals surface area contributed by atoms with Crippen LogP contribution in [-0.2, 0) is 24.1 Å². The summed E-state index contributed by atoms with van der Waals surface area (Å²) < 4.78 is 8.38. The fraction of sp³-hybridized carbons (Fsp3) is 0.842. The number of nitrogens with zero attached hydrogens (tertiary/aromatic N) is 7. The number of fused-ring (bicyclic) bond motifs is 1. The standard InChI is InChI=1S/C19H30N8O/c1-2-12-28-15(7-1)13-27-18(10-9-17-20-24-25-21-17)22-23-19(27)26-11-4-6-14-5-3-8-16(14)26/h14-16H,1-13H2,(H,20,21,24,25). The second kappa shape index (κ2) is 8.14. The molecule has 3 unspecified atom stereocenters. The van der Waals surface area contributed by atoms with Crippen molar-refractivity contribution in [2.45, 2.75) is 82.9 Å². The molecule has 152 valence electrons. The van der Waals surface area contributed by atoms with E-state index in [1.807, 2.05) is 0 Å². The second-order valence-electron chi connectivity index (χ2n) is 8.44. The average Bonchev–Trinajstić information content (AvgIpc) is 3.48. The van der Waals surface area contributed by atoms with Crippen molar-refractivity contribution in [1.29, 1.82) is 0 Å². The smallest absolute Gasteiger partial charge is 0.227 e. The van der Waals surface area contributed by atoms with Gasteiger partial charge in [-0.15, -0.1) is 20.4 Å². The Bertz CT molecular complexity index is 754. The second-order valence-corrected chi connectivity index (χ2v) is 8.44. The molecule has 1 aliphatic carbocycles. The molecule has 9 heteroatoms. The van der Waals surface area contributed by atoms with Gasteiger partial charge in [-0.05, 0) is 50.9 Å². The number of hydrogen-bond acceptors (Lipinski definition) is 7. The quantitative estimate of drug-likeness (QED) is 0.810. The molecule has 0 amide bonds. The fourth-order valence-electron chi connectivity index (χ4n) is 5.28. The van der Waals surface area contributed by atoms with Gasteiger partial charge in [-0.1, -0.05) is 11.6 Å². The molecule has 2 saturated heterocycles. The first kappa shape index (κ1) is 18.0. The van der Waals surface area contributed by atoms with Gasteiger partial charge in [0.25, 0.3) is 0 Å². The van der Waals surface area contributed by atoms with Gasteiger partial charge in [0.1, 0.15) is 5.82 Å². The summed E-state index contributed by atoms with van der Waals surface area (Å²) in [4.78, 5) is 2.55. The van der Waals surface area contributed by atoms with Gasteiger partial charge in [-0.25, -0.2) is 0 Å². The van der Waals surface area contributed by atoms with Crippen molar-refractivity contribution in [3.05, 3.63) is 11.6 Å². The molecule has 1 saturated carbocycles. The monoisotopic (exact) mass is 386 g/mol. The summed E-state index contributed by atoms with van der Waals surface area (Å²) in [5.41, 5.74) is 0. The van der Waals surface area contributed by atoms with Crippen molar-refractivity contribution in [2.75, 3.05) is 18.1 Å². The zero-order chi connectivity index (χ0) is 18.8. The van der Waals surface area contributed by atoms with E-state index in [2.05, 4.69) is 40.3 Å². The molecule has 1 N–H and O–H groups in total. The summed E-state index contributed by atoms with van der Waals surface area (Å²) >= 11 is 0. The topological polar surface area (TPSA) is 97.6 Å². The van der Waals surface area contributed by atoms with Gasteiger partial charge < -0.3 is 9.64 Å². The molecular formula is C19H30N8O. The van der Waals surface area contributed by atoms with Crippen LogP contribution in [0.15, 0.2) is 0 Å². The van der Waals surface area contributed by atoms with E-state index in [-0.39, 0.29) is 6.10 Å². The largest absolute Gasteiger partial charge is 0.376 e. The molecule has 2 aromatic rings. The molecule has 3 fully saturated rings. The Hall–Kier alpha value is -2.03. The Morgan fingerprint density at radius 3 is 2.79 bits per heavy atom. The van der Waals surface area contributed by atoms with Gasteiger partial charge >= 0.3 is 0 Å². The third-order valence-corrected chi connectivity index (χ3v) is 6.68. The van der Waals surface area contributed by atoms with Crippen LogP contribution in [-0.4, -0.2) is 60.7 Å². The predicted molar refractivity (Wildman–Crippen MR) is 103 cm³/mol. The van der Waals surface area contributed by atoms with Gasteiger partial charge in [0, 0.05) is 32.0 Å². The lowest BCUT2D eigenvalue weighted by molar-refractivity contribution is 0.00562. The Morgan fingerprint density at radius 1 is 0.964 bits per heavy atom. The maximum absolute atomic E-state index is 6.05. The predicted octanol–water partition coefficient (Wildman–Crippen LogP) is 1.91. The number of rotatable bonds is 6. The van der Waals surface area contributed by atoms with Crippen molar-refractivity contribution in [1.82, 2.24) is 35.4 Å². The maximum atomic E-state index is 6.05. The summed E-state index contributed by atoms with van der Waals surface area (Å²) in [5, 5.41) is 23.6. The van der Waals surface area contributed by atoms with Crippen molar-refractivity contribution in [2.24, 2.45) is 5.92 Å². The van der Waals surface area contributed by atoms with E-state index in [9.17, 15) is 0 Å². The number of aromatic amines is 1. The normalized spacial score (nSPS) is 27.9. The Balaban J connectivity index is 1.40. The summed E-state index contributed by atoms with van der Waals surface area (Å²) in [6, 6.07) is 0.633. The molecule has 4 heterocycles. The highest BCUT2D eigenvalue weighted by molar-refractivity contribution is 5.35. The number of aromatic nitrogens is 7. The van der Waals surface area contributed by atoms with Crippen LogP contribution in [0.3, 0.4) is 0 Å². The van der Waals surface area contributed by atoms with Crippen LogP contribution < -0.4 is 4.90 Å². The number of ether oxygens (including phenoxy) is 1. The molecule has 3 atom stereocenters. The van der Waals surface area contributed by atoms with Gasteiger partial charge in [-0.2, -0.15) is 5.21 Å². The lowest BCUT2D eigenvalue weighted by Gasteiger charge is -2.38. The van der Waals surface area contributed by atoms with Crippen LogP contribution in [0.25, 0.3) is 0 Å². The van der Waals surface area contributed by atoms with Gasteiger partial charge in [0.05, 0.1) is 12.6 Å². The lowest BCUT2D eigenvalue weighted by Crippen LogP contribution is -2.44. The number of H-pyrrole nitrogens is 1. The number of nitrogens with one attached hydrogen (secondary N) is 1. The molecule has 9 nitrogen and oxygen atoms in total. The van der Waals surface area contributed by atoms with Crippen LogP contribution in [0.1, 0.15) is 63.0 Å². The summed E-state index contributed by atoms with van der Waals surface area (Å²) in [5.74, 6) is 3.61. The molecule has 2 aliphatic heterocycles. The highest BCUT2D eigenvalue weighted by atomic mass is 16.5. The Labute approximate surface area is 165 Å². The number of aryl methyl sites for hydroxylation is 2. The molecule has 28 heavy (non-hydrogen) atoms. The highest BCUT2D eigenvalue weighted by Gasteiger charge is 2.37. The molecule has 2 aromatic heterocycles. The van der Waals surface area contributed by atoms with Crippen molar-refractivity contribution < 1.29 is 4.74 Å². The minimum atomic E-state index is 0.261. The molecule has 0 bridgehead atoms. The molecule has 0 radical (unpaired) electrons. The van der Waals surface area contributed by atoms with E-state index in [0.717, 1.165) is 56.1 Å². The van der Waals surface area contributed by atoms with E-state index < -0.39 is 0 Å². The lowest BCUT2D eigenvalue weighted by atomic mass is 9.92. The first-order valence-corrected chi connectivity index (χ1v) is 10.9. The molecule has 3 aliphatic rings. The van der Waals surface area contributed by atoms with E-state index in [4.69, 9.17) is 4.74 Å². The zero-order valence-corrected chi connectivity index (χ0v) is 16.5. The summed E-state index contributed by atoms with van der Waals surface area (Å²) in [7, 11) is 0. The summed E-state index contributed by atoms with van der Waals surface area (Å²) in [6.45, 7) is 2.81. The number of anilines is 1. The van der Waals surface area contributed by atoms with Crippen LogP contribution >= 0.6 is 0 Å². The van der Waals surface area contributed by atoms with E-state index >= 15 is 0 Å². The Kier molecular flexibility index (Phi) is 5.24. The third kappa shape index (κ3) is 3.64. The SMILES string of the molecule is C1CCC(Cn2c(CCc3nn[nH]n3)nnc2N2CCCC3CCCC32)OC1. The van der Waals surface area contributed by atoms with Crippen LogP contribution in [0, 0.1) is 5.92 Å². The molecule has 5 rings (SSSR count). The minimum absolute atomic E-state index is 0.261. The van der Waals surface area contributed by atoms with Crippen LogP contribution in [0.5, 0.6) is 0 Å². The maximum Gasteiger partial charge on any atom is 0.227 e. The summed E-state index contributed by atoms with van der Waals surface area (Å²) in [6.07, 6.45) is 11.9. The fourth-order valence-corrected chi connectivity index (χ4v) is 5.28. The highest BCUT2D eigenvalue weighted by Crippen LogP contribution is 2.39. The first-order valence-electron chi connectivity index (χ1n) is 10.9. The van der Waals surface area contributed by atoms with Gasteiger partial charge in [-0.3, -0.25) is 4.57 Å². The van der Waals surface area contributed by atoms with Gasteiger partial charge in [0.2, 0.25) is 5.95 Å². The number of piperidine rings is 1. The minimum Gasteiger partial charge on any atom is -0.376 e. The van der Waals surface area contributed by atoms with Crippen molar-refractivity contribution >= 4 is 5.95 Å². The van der Waals surface area contributed by atoms with Crippen LogP contribution in [0.2, 0.25) is 0 Å². The van der Waals surface area contributed by atoms with Gasteiger partial charge in [0.15, 0.2) is 5.82 Å². The van der Waals surface area contributed by atoms with Crippen LogP contribution in [0.4, 0.5) is 5.95 Å². The average molecular weight is 387 g/mol. The molecular weight excluding hydrogens is 356 g/mol. The van der Waals surface area contributed by atoms with Crippen molar-refractivity contribution in [3.8, 4) is 0 Å². The van der Waals surface area contributed by atoms with E-state index in [1.165, 1.54) is 44.9 Å². The molecule has 0 aromatic carbocycles. The van der Waals surface area contributed by atoms with E-state index in [1.54, 1.807) is 0 Å².